The molecule has 0 bridgehead atoms. The molecule has 0 spiro atoms. The number of carboxylic acids is 1. The van der Waals surface area contributed by atoms with E-state index in [1.54, 1.807) is 0 Å². The van der Waals surface area contributed by atoms with E-state index in [9.17, 15) is 26.7 Å². The molecule has 0 fully saturated rings. The summed E-state index contributed by atoms with van der Waals surface area (Å²) < 4.78 is 63.9. The number of nitrogen functional groups attached to an aromatic ring is 1. The average molecular weight is 272 g/mol. The minimum absolute atomic E-state index is 0.179. The molecule has 0 saturated carbocycles. The third-order valence-corrected chi connectivity index (χ3v) is 1.72. The lowest BCUT2D eigenvalue weighted by Crippen LogP contribution is -2.19. The number of anilines is 1. The van der Waals surface area contributed by atoms with Gasteiger partial charge < -0.3 is 15.6 Å². The highest BCUT2D eigenvalue weighted by Crippen LogP contribution is 2.31. The molecule has 10 heteroatoms. The Morgan fingerprint density at radius 3 is 2.39 bits per heavy atom. The summed E-state index contributed by atoms with van der Waals surface area (Å²) >= 11 is 0. The maximum absolute atomic E-state index is 12.5. The molecule has 0 unspecified atom stereocenters. The van der Waals surface area contributed by atoms with Crippen LogP contribution in [0.1, 0.15) is 22.3 Å². The van der Waals surface area contributed by atoms with Crippen molar-refractivity contribution in [1.82, 2.24) is 4.98 Å². The number of carboxylic acid groups (broad SMARTS) is 1. The molecular weight excluding hydrogens is 267 g/mol. The van der Waals surface area contributed by atoms with Crippen LogP contribution in [0.2, 0.25) is 0 Å². The molecule has 0 amide bonds. The van der Waals surface area contributed by atoms with Crippen LogP contribution in [0.4, 0.5) is 27.8 Å². The van der Waals surface area contributed by atoms with E-state index in [2.05, 4.69) is 9.72 Å². The molecule has 0 atom stereocenters. The first-order chi connectivity index (χ1) is 8.11. The zero-order chi connectivity index (χ0) is 14.1. The van der Waals surface area contributed by atoms with Crippen LogP contribution in [0.3, 0.4) is 0 Å². The van der Waals surface area contributed by atoms with E-state index in [1.165, 1.54) is 0 Å². The van der Waals surface area contributed by atoms with E-state index in [-0.39, 0.29) is 6.07 Å². The maximum atomic E-state index is 12.5. The summed E-state index contributed by atoms with van der Waals surface area (Å²) in [5.74, 6) is -4.06. The molecule has 1 aromatic heterocycles. The Balaban J connectivity index is 3.32. The summed E-state index contributed by atoms with van der Waals surface area (Å²) in [4.78, 5) is 13.6. The van der Waals surface area contributed by atoms with Crippen molar-refractivity contribution in [3.63, 3.8) is 0 Å². The van der Waals surface area contributed by atoms with Gasteiger partial charge in [0.05, 0.1) is 0 Å². The maximum Gasteiger partial charge on any atom is 0.574 e. The quantitative estimate of drug-likeness (QED) is 0.824. The summed E-state index contributed by atoms with van der Waals surface area (Å²) in [6.45, 7) is 0. The van der Waals surface area contributed by atoms with Crippen LogP contribution >= 0.6 is 0 Å². The van der Waals surface area contributed by atoms with Crippen LogP contribution in [0, 0.1) is 0 Å². The van der Waals surface area contributed by atoms with E-state index >= 15 is 0 Å². The monoisotopic (exact) mass is 272 g/mol. The molecule has 0 aromatic carbocycles. The lowest BCUT2D eigenvalue weighted by Gasteiger charge is -2.12. The smallest absolute Gasteiger partial charge is 0.478 e. The average Bonchev–Trinajstić information content (AvgIpc) is 2.12. The van der Waals surface area contributed by atoms with E-state index in [0.717, 1.165) is 0 Å². The molecule has 0 aliphatic carbocycles. The third kappa shape index (κ3) is 3.18. The van der Waals surface area contributed by atoms with Gasteiger partial charge in [0.25, 0.3) is 6.43 Å². The Kier molecular flexibility index (Phi) is 3.58. The Morgan fingerprint density at radius 1 is 1.44 bits per heavy atom. The van der Waals surface area contributed by atoms with Gasteiger partial charge in [-0.05, 0) is 0 Å². The highest BCUT2D eigenvalue weighted by molar-refractivity contribution is 5.94. The van der Waals surface area contributed by atoms with Crippen molar-refractivity contribution < 1.29 is 36.6 Å². The Hall–Kier alpha value is -2.13. The normalized spacial score (nSPS) is 11.7. The molecule has 0 aliphatic rings. The molecule has 1 heterocycles. The Morgan fingerprint density at radius 2 is 2.00 bits per heavy atom. The predicted molar refractivity (Wildman–Crippen MR) is 47.2 cm³/mol. The van der Waals surface area contributed by atoms with Crippen LogP contribution in [-0.2, 0) is 0 Å². The minimum atomic E-state index is -5.15. The molecule has 0 aliphatic heterocycles. The number of ether oxygens (including phenoxy) is 1. The number of aromatic carboxylic acids is 1. The molecule has 3 N–H and O–H groups in total. The van der Waals surface area contributed by atoms with Gasteiger partial charge in [-0.25, -0.2) is 13.6 Å². The standard InChI is InChI=1S/C8H5F5N2O3/c9-5(10)2-1-3(18-8(11,12)13)15-6(14)4(2)7(16)17/h1,5H,(H2,14,15)(H,16,17). The first kappa shape index (κ1) is 13.9. The number of pyridine rings is 1. The van der Waals surface area contributed by atoms with Crippen LogP contribution in [-0.4, -0.2) is 22.4 Å². The number of alkyl halides is 5. The van der Waals surface area contributed by atoms with E-state index in [0.29, 0.717) is 0 Å². The van der Waals surface area contributed by atoms with Crippen LogP contribution in [0.25, 0.3) is 0 Å². The summed E-state index contributed by atoms with van der Waals surface area (Å²) in [6, 6.07) is 0.179. The fourth-order valence-corrected chi connectivity index (χ4v) is 1.14. The summed E-state index contributed by atoms with van der Waals surface area (Å²) in [7, 11) is 0. The Labute approximate surface area is 96.0 Å². The van der Waals surface area contributed by atoms with Crippen LogP contribution in [0.5, 0.6) is 5.88 Å². The zero-order valence-corrected chi connectivity index (χ0v) is 8.33. The molecule has 0 saturated heterocycles. The summed E-state index contributed by atoms with van der Waals surface area (Å²) in [5.41, 5.74) is 2.75. The van der Waals surface area contributed by atoms with Gasteiger partial charge in [-0.15, -0.1) is 13.2 Å². The van der Waals surface area contributed by atoms with E-state index in [4.69, 9.17) is 10.8 Å². The molecule has 18 heavy (non-hydrogen) atoms. The lowest BCUT2D eigenvalue weighted by atomic mass is 10.1. The van der Waals surface area contributed by atoms with Crippen molar-refractivity contribution in [1.29, 1.82) is 0 Å². The van der Waals surface area contributed by atoms with Gasteiger partial charge in [0.1, 0.15) is 11.4 Å². The van der Waals surface area contributed by atoms with Gasteiger partial charge in [-0.3, -0.25) is 0 Å². The van der Waals surface area contributed by atoms with Crippen molar-refractivity contribution >= 4 is 11.8 Å². The number of aromatic nitrogens is 1. The van der Waals surface area contributed by atoms with Gasteiger partial charge in [-0.1, -0.05) is 0 Å². The largest absolute Gasteiger partial charge is 0.574 e. The van der Waals surface area contributed by atoms with Crippen molar-refractivity contribution in [3.8, 4) is 5.88 Å². The van der Waals surface area contributed by atoms with Crippen molar-refractivity contribution in [3.05, 3.63) is 17.2 Å². The second-order valence-corrected chi connectivity index (χ2v) is 2.96. The van der Waals surface area contributed by atoms with Gasteiger partial charge >= 0.3 is 12.3 Å². The third-order valence-electron chi connectivity index (χ3n) is 1.72. The highest BCUT2D eigenvalue weighted by atomic mass is 19.4. The molecule has 1 aromatic rings. The number of rotatable bonds is 3. The topological polar surface area (TPSA) is 85.4 Å². The first-order valence-corrected chi connectivity index (χ1v) is 4.19. The summed E-state index contributed by atoms with van der Waals surface area (Å²) in [5, 5.41) is 8.60. The molecule has 100 valence electrons. The van der Waals surface area contributed by atoms with Crippen LogP contribution in [0.15, 0.2) is 6.07 Å². The fraction of sp³-hybridized carbons (Fsp3) is 0.250. The lowest BCUT2D eigenvalue weighted by molar-refractivity contribution is -0.276. The molecule has 1 rings (SSSR count). The van der Waals surface area contributed by atoms with Gasteiger partial charge in [0.15, 0.2) is 0 Å². The number of hydrogen-bond donors (Lipinski definition) is 2. The molecular formula is C8H5F5N2O3. The van der Waals surface area contributed by atoms with Crippen molar-refractivity contribution in [2.75, 3.05) is 5.73 Å². The van der Waals surface area contributed by atoms with E-state index in [1.807, 2.05) is 0 Å². The highest BCUT2D eigenvalue weighted by Gasteiger charge is 2.33. The molecule has 0 radical (unpaired) electrons. The molecule has 5 nitrogen and oxygen atoms in total. The SMILES string of the molecule is Nc1nc(OC(F)(F)F)cc(C(F)F)c1C(=O)O. The van der Waals surface area contributed by atoms with Crippen molar-refractivity contribution in [2.24, 2.45) is 0 Å². The summed E-state index contributed by atoms with van der Waals surface area (Å²) in [6.07, 6.45) is -8.49. The number of halogens is 5. The van der Waals surface area contributed by atoms with Crippen LogP contribution < -0.4 is 10.5 Å². The zero-order valence-electron chi connectivity index (χ0n) is 8.33. The van der Waals surface area contributed by atoms with Crippen molar-refractivity contribution in [2.45, 2.75) is 12.8 Å². The second kappa shape index (κ2) is 4.63. The fourth-order valence-electron chi connectivity index (χ4n) is 1.14. The number of nitrogens with zero attached hydrogens (tertiary/aromatic N) is 1. The number of hydrogen-bond acceptors (Lipinski definition) is 4. The van der Waals surface area contributed by atoms with Gasteiger partial charge in [-0.2, -0.15) is 4.98 Å². The van der Waals surface area contributed by atoms with E-state index < -0.39 is 41.6 Å². The minimum Gasteiger partial charge on any atom is -0.478 e. The predicted octanol–water partition coefficient (Wildman–Crippen LogP) is 2.20. The Bertz CT molecular complexity index is 475. The van der Waals surface area contributed by atoms with Gasteiger partial charge in [0, 0.05) is 11.6 Å². The number of carbonyl (C=O) groups is 1. The first-order valence-electron chi connectivity index (χ1n) is 4.19. The second-order valence-electron chi connectivity index (χ2n) is 2.96. The van der Waals surface area contributed by atoms with Gasteiger partial charge in [0.2, 0.25) is 5.88 Å². The number of nitrogens with two attached hydrogens (primary N) is 1.